The highest BCUT2D eigenvalue weighted by Crippen LogP contribution is 2.35. The van der Waals surface area contributed by atoms with E-state index in [1.165, 1.54) is 18.3 Å². The van der Waals surface area contributed by atoms with Gasteiger partial charge in [0.1, 0.15) is 11.4 Å². The second-order valence-electron chi connectivity index (χ2n) is 8.15. The molecule has 6 nitrogen and oxygen atoms in total. The molecule has 5 aromatic rings. The maximum absolute atomic E-state index is 13.2. The number of carbonyl (C=O) groups is 2. The second kappa shape index (κ2) is 11.2. The van der Waals surface area contributed by atoms with Crippen LogP contribution in [0.2, 0.25) is 10.0 Å². The lowest BCUT2D eigenvalue weighted by Crippen LogP contribution is -2.19. The minimum Gasteiger partial charge on any atom is -0.422 e. The number of nitrogens with zero attached hydrogens (tertiary/aromatic N) is 1. The minimum atomic E-state index is -0.646. The first-order chi connectivity index (χ1) is 18.4. The molecule has 0 bridgehead atoms. The summed E-state index contributed by atoms with van der Waals surface area (Å²) in [5.74, 6) is -0.820. The van der Waals surface area contributed by atoms with Crippen molar-refractivity contribution in [1.29, 1.82) is 0 Å². The molecule has 0 atom stereocenters. The highest BCUT2D eigenvalue weighted by atomic mass is 79.9. The molecule has 0 radical (unpaired) electrons. The van der Waals surface area contributed by atoms with Crippen LogP contribution in [0.3, 0.4) is 0 Å². The van der Waals surface area contributed by atoms with E-state index in [0.717, 1.165) is 26.5 Å². The number of halogens is 3. The number of carbonyl (C=O) groups excluding carboxylic acids is 2. The monoisotopic (exact) mass is 605 g/mol. The molecule has 2 N–H and O–H groups in total. The summed E-state index contributed by atoms with van der Waals surface area (Å²) in [4.78, 5) is 29.1. The molecule has 0 saturated heterocycles. The van der Waals surface area contributed by atoms with Crippen LogP contribution in [0, 0.1) is 0 Å². The molecule has 5 rings (SSSR count). The van der Waals surface area contributed by atoms with Crippen LogP contribution in [0.4, 0.5) is 0 Å². The molecule has 1 heterocycles. The number of aromatic amines is 1. The Bertz CT molecular complexity index is 1700. The second-order valence-corrected chi connectivity index (χ2v) is 9.85. The molecule has 1 aromatic heterocycles. The van der Waals surface area contributed by atoms with Gasteiger partial charge in [0.2, 0.25) is 0 Å². The van der Waals surface area contributed by atoms with Crippen molar-refractivity contribution in [3.8, 4) is 16.9 Å². The average molecular weight is 607 g/mol. The molecule has 4 aromatic carbocycles. The van der Waals surface area contributed by atoms with Crippen molar-refractivity contribution in [1.82, 2.24) is 10.4 Å². The zero-order valence-corrected chi connectivity index (χ0v) is 22.6. The van der Waals surface area contributed by atoms with E-state index in [-0.39, 0.29) is 16.3 Å². The Kier molecular flexibility index (Phi) is 7.60. The van der Waals surface area contributed by atoms with Crippen molar-refractivity contribution in [2.45, 2.75) is 0 Å². The Hall–Kier alpha value is -3.91. The number of rotatable bonds is 6. The summed E-state index contributed by atoms with van der Waals surface area (Å²) in [7, 11) is 0. The number of benzene rings is 4. The number of hydrazone groups is 1. The van der Waals surface area contributed by atoms with Gasteiger partial charge in [-0.15, -0.1) is 0 Å². The van der Waals surface area contributed by atoms with Crippen molar-refractivity contribution in [3.63, 3.8) is 0 Å². The van der Waals surface area contributed by atoms with E-state index >= 15 is 0 Å². The van der Waals surface area contributed by atoms with Crippen LogP contribution in [0.5, 0.6) is 5.75 Å². The molecule has 9 heteroatoms. The Morgan fingerprint density at radius 3 is 2.47 bits per heavy atom. The molecule has 188 valence electrons. The fourth-order valence-corrected chi connectivity index (χ4v) is 4.91. The zero-order chi connectivity index (χ0) is 26.6. The van der Waals surface area contributed by atoms with Gasteiger partial charge in [0.25, 0.3) is 5.91 Å². The number of amides is 1. The van der Waals surface area contributed by atoms with E-state index in [1.807, 2.05) is 48.5 Å². The quantitative estimate of drug-likeness (QED) is 0.0892. The van der Waals surface area contributed by atoms with Gasteiger partial charge in [-0.1, -0.05) is 77.8 Å². The average Bonchev–Trinajstić information content (AvgIpc) is 3.31. The van der Waals surface area contributed by atoms with Gasteiger partial charge in [-0.25, -0.2) is 10.2 Å². The molecule has 0 aliphatic carbocycles. The molecule has 0 unspecified atom stereocenters. The van der Waals surface area contributed by atoms with Gasteiger partial charge in [-0.3, -0.25) is 4.79 Å². The van der Waals surface area contributed by atoms with E-state index < -0.39 is 11.9 Å². The molecule has 38 heavy (non-hydrogen) atoms. The van der Waals surface area contributed by atoms with Crippen LogP contribution >= 0.6 is 39.1 Å². The van der Waals surface area contributed by atoms with Crippen LogP contribution < -0.4 is 10.2 Å². The number of fused-ring (bicyclic) bond motifs is 1. The maximum atomic E-state index is 13.2. The minimum absolute atomic E-state index is 0.175. The van der Waals surface area contributed by atoms with E-state index in [9.17, 15) is 9.59 Å². The predicted molar refractivity (Wildman–Crippen MR) is 154 cm³/mol. The third-order valence-electron chi connectivity index (χ3n) is 5.71. The van der Waals surface area contributed by atoms with Crippen LogP contribution in [-0.4, -0.2) is 23.1 Å². The Labute approximate surface area is 236 Å². The normalized spacial score (nSPS) is 11.1. The molecule has 0 saturated carbocycles. The Morgan fingerprint density at radius 1 is 0.921 bits per heavy atom. The summed E-state index contributed by atoms with van der Waals surface area (Å²) >= 11 is 15.6. The van der Waals surface area contributed by atoms with Crippen LogP contribution in [0.1, 0.15) is 26.4 Å². The van der Waals surface area contributed by atoms with Crippen LogP contribution in [0.15, 0.2) is 101 Å². The third kappa shape index (κ3) is 5.36. The number of nitrogens with one attached hydrogen (secondary N) is 2. The fraction of sp³-hybridized carbons (Fsp3) is 0. The lowest BCUT2D eigenvalue weighted by molar-refractivity contribution is 0.0734. The number of para-hydroxylation sites is 2. The Balaban J connectivity index is 1.39. The van der Waals surface area contributed by atoms with Crippen LogP contribution in [0.25, 0.3) is 22.0 Å². The van der Waals surface area contributed by atoms with Crippen molar-refractivity contribution < 1.29 is 14.3 Å². The first-order valence-electron chi connectivity index (χ1n) is 11.4. The van der Waals surface area contributed by atoms with Crippen molar-refractivity contribution in [2.24, 2.45) is 5.10 Å². The summed E-state index contributed by atoms with van der Waals surface area (Å²) in [6.07, 6.45) is 1.41. The summed E-state index contributed by atoms with van der Waals surface area (Å²) in [6.45, 7) is 0. The molecular formula is C29H18BrCl2N3O3. The summed E-state index contributed by atoms with van der Waals surface area (Å²) in [5.41, 5.74) is 6.06. The van der Waals surface area contributed by atoms with E-state index in [1.54, 1.807) is 30.3 Å². The summed E-state index contributed by atoms with van der Waals surface area (Å²) < 4.78 is 6.38. The highest BCUT2D eigenvalue weighted by Gasteiger charge is 2.20. The van der Waals surface area contributed by atoms with Gasteiger partial charge in [0.05, 0.1) is 22.3 Å². The Morgan fingerprint density at radius 2 is 1.68 bits per heavy atom. The standard InChI is InChI=1S/C29H18BrCl2N3O3/c30-22-11-6-10-21-25(17-7-2-1-3-8-17)27(34-26(21)22)28(36)35-33-16-18-9-4-5-12-24(18)38-29(37)20-14-13-19(31)15-23(20)32/h1-16,34H,(H,35,36). The van der Waals surface area contributed by atoms with Gasteiger partial charge in [-0.2, -0.15) is 5.10 Å². The van der Waals surface area contributed by atoms with Gasteiger partial charge in [-0.05, 0) is 57.9 Å². The molecule has 0 aliphatic rings. The first-order valence-corrected chi connectivity index (χ1v) is 12.9. The van der Waals surface area contributed by atoms with Crippen molar-refractivity contribution in [3.05, 3.63) is 122 Å². The highest BCUT2D eigenvalue weighted by molar-refractivity contribution is 9.10. The molecule has 0 spiro atoms. The molecule has 1 amide bonds. The van der Waals surface area contributed by atoms with Gasteiger partial charge < -0.3 is 9.72 Å². The first kappa shape index (κ1) is 25.7. The van der Waals surface area contributed by atoms with Crippen LogP contribution in [-0.2, 0) is 0 Å². The van der Waals surface area contributed by atoms with E-state index in [2.05, 4.69) is 31.4 Å². The number of esters is 1. The van der Waals surface area contributed by atoms with Crippen molar-refractivity contribution >= 4 is 68.1 Å². The number of hydrogen-bond donors (Lipinski definition) is 2. The van der Waals surface area contributed by atoms with Gasteiger partial charge in [0, 0.05) is 26.0 Å². The molecule has 0 aliphatic heterocycles. The predicted octanol–water partition coefficient (Wildman–Crippen LogP) is 7.89. The number of H-pyrrole nitrogens is 1. The van der Waals surface area contributed by atoms with E-state index in [4.69, 9.17) is 27.9 Å². The summed E-state index contributed by atoms with van der Waals surface area (Å²) in [6, 6.07) is 26.7. The largest absolute Gasteiger partial charge is 0.422 e. The molecule has 0 fully saturated rings. The zero-order valence-electron chi connectivity index (χ0n) is 19.5. The number of hydrogen-bond acceptors (Lipinski definition) is 4. The number of ether oxygens (including phenoxy) is 1. The topological polar surface area (TPSA) is 83.5 Å². The van der Waals surface area contributed by atoms with Gasteiger partial charge >= 0.3 is 5.97 Å². The number of aromatic nitrogens is 1. The van der Waals surface area contributed by atoms with Gasteiger partial charge in [0.15, 0.2) is 0 Å². The fourth-order valence-electron chi connectivity index (χ4n) is 3.96. The summed E-state index contributed by atoms with van der Waals surface area (Å²) in [5, 5.41) is 5.62. The maximum Gasteiger partial charge on any atom is 0.345 e. The lowest BCUT2D eigenvalue weighted by Gasteiger charge is -2.08. The SMILES string of the molecule is O=C(Oc1ccccc1C=NNC(=O)c1[nH]c2c(Br)cccc2c1-c1ccccc1)c1ccc(Cl)cc1Cl. The third-order valence-corrected chi connectivity index (χ3v) is 6.92. The lowest BCUT2D eigenvalue weighted by atomic mass is 10.0. The van der Waals surface area contributed by atoms with Crippen molar-refractivity contribution in [2.75, 3.05) is 0 Å². The molecular weight excluding hydrogens is 589 g/mol. The van der Waals surface area contributed by atoms with E-state index in [0.29, 0.717) is 16.3 Å². The smallest absolute Gasteiger partial charge is 0.345 e.